The molecule has 0 spiro atoms. The van der Waals surface area contributed by atoms with E-state index in [2.05, 4.69) is 7.05 Å². The monoisotopic (exact) mass is 321 g/mol. The van der Waals surface area contributed by atoms with Gasteiger partial charge in [-0.05, 0) is 17.7 Å². The van der Waals surface area contributed by atoms with Crippen LogP contribution < -0.4 is 33.6 Å². The fourth-order valence-electron chi connectivity index (χ4n) is 1.98. The number of methoxy groups -OCH3 is 1. The summed E-state index contributed by atoms with van der Waals surface area (Å²) in [5, 5.41) is 9.62. The second-order valence-electron chi connectivity index (χ2n) is 3.93. The molecule has 1 aliphatic heterocycles. The number of fused-ring (bicyclic) bond motifs is 1. The van der Waals surface area contributed by atoms with Gasteiger partial charge in [0.25, 0.3) is 0 Å². The number of hydrogen-bond acceptors (Lipinski definition) is 2. The van der Waals surface area contributed by atoms with Crippen LogP contribution in [0.2, 0.25) is 0 Å². The Kier molecular flexibility index (Phi) is 4.21. The number of aromatic hydroxyl groups is 1. The summed E-state index contributed by atoms with van der Waals surface area (Å²) in [6, 6.07) is 3.79. The highest BCUT2D eigenvalue weighted by Crippen LogP contribution is 2.29. The number of quaternary nitrogens is 1. The quantitative estimate of drug-likeness (QED) is 0.540. The minimum absolute atomic E-state index is 0. The Bertz CT molecular complexity index is 355. The maximum absolute atomic E-state index is 9.62. The summed E-state index contributed by atoms with van der Waals surface area (Å²) in [5.41, 5.74) is 2.55. The van der Waals surface area contributed by atoms with Gasteiger partial charge in [0, 0.05) is 12.0 Å². The molecule has 2 rings (SSSR count). The molecule has 2 N–H and O–H groups in total. The fourth-order valence-corrected chi connectivity index (χ4v) is 1.98. The molecule has 0 radical (unpaired) electrons. The van der Waals surface area contributed by atoms with Gasteiger partial charge in [-0.3, -0.25) is 0 Å². The predicted molar refractivity (Wildman–Crippen MR) is 53.8 cm³/mol. The van der Waals surface area contributed by atoms with Gasteiger partial charge in [0.15, 0.2) is 11.5 Å². The minimum atomic E-state index is 0. The number of phenols is 1. The third-order valence-electron chi connectivity index (χ3n) is 2.81. The Hall–Kier alpha value is -0.490. The number of ether oxygens (including phenoxy) is 1. The number of halogens is 1. The minimum Gasteiger partial charge on any atom is -1.00 e. The highest BCUT2D eigenvalue weighted by atomic mass is 127. The first-order valence-corrected chi connectivity index (χ1v) is 4.90. The topological polar surface area (TPSA) is 33.9 Å². The molecule has 0 bridgehead atoms. The van der Waals surface area contributed by atoms with Crippen LogP contribution in [0.15, 0.2) is 12.1 Å². The van der Waals surface area contributed by atoms with E-state index in [0.717, 1.165) is 19.5 Å². The lowest BCUT2D eigenvalue weighted by Gasteiger charge is -2.22. The molecule has 0 saturated heterocycles. The lowest BCUT2D eigenvalue weighted by atomic mass is 9.99. The number of benzene rings is 1. The SMILES string of the molecule is COc1cc2c(cc1O)C[NH+](C)CC2.[I-]. The largest absolute Gasteiger partial charge is 1.00 e. The van der Waals surface area contributed by atoms with Crippen LogP contribution in [-0.4, -0.2) is 25.8 Å². The highest BCUT2D eigenvalue weighted by molar-refractivity contribution is 5.46. The van der Waals surface area contributed by atoms with Crippen LogP contribution in [0.5, 0.6) is 11.5 Å². The van der Waals surface area contributed by atoms with E-state index in [9.17, 15) is 5.11 Å². The van der Waals surface area contributed by atoms with Crippen molar-refractivity contribution >= 4 is 0 Å². The van der Waals surface area contributed by atoms with E-state index in [0.29, 0.717) is 5.75 Å². The molecule has 1 unspecified atom stereocenters. The van der Waals surface area contributed by atoms with Crippen molar-refractivity contribution in [3.8, 4) is 11.5 Å². The molecule has 1 atom stereocenters. The second kappa shape index (κ2) is 5.03. The first-order valence-electron chi connectivity index (χ1n) is 4.90. The van der Waals surface area contributed by atoms with Gasteiger partial charge in [-0.25, -0.2) is 0 Å². The number of nitrogens with one attached hydrogen (secondary N) is 1. The van der Waals surface area contributed by atoms with Crippen LogP contribution >= 0.6 is 0 Å². The molecule has 1 aromatic carbocycles. The Balaban J connectivity index is 0.00000112. The number of hydrogen-bond donors (Lipinski definition) is 2. The smallest absolute Gasteiger partial charge is 0.160 e. The van der Waals surface area contributed by atoms with Gasteiger partial charge >= 0.3 is 0 Å². The Morgan fingerprint density at radius 3 is 2.73 bits per heavy atom. The van der Waals surface area contributed by atoms with Crippen molar-refractivity contribution in [1.82, 2.24) is 0 Å². The molecule has 0 aliphatic carbocycles. The Morgan fingerprint density at radius 1 is 1.33 bits per heavy atom. The molecule has 1 heterocycles. The van der Waals surface area contributed by atoms with Gasteiger partial charge < -0.3 is 38.7 Å². The summed E-state index contributed by atoms with van der Waals surface area (Å²) in [6.45, 7) is 2.15. The van der Waals surface area contributed by atoms with E-state index >= 15 is 0 Å². The van der Waals surface area contributed by atoms with E-state index in [4.69, 9.17) is 4.74 Å². The van der Waals surface area contributed by atoms with Gasteiger partial charge in [0.1, 0.15) is 6.54 Å². The van der Waals surface area contributed by atoms with E-state index in [1.54, 1.807) is 7.11 Å². The fraction of sp³-hybridized carbons (Fsp3) is 0.455. The Labute approximate surface area is 107 Å². The third kappa shape index (κ3) is 2.55. The van der Waals surface area contributed by atoms with Crippen LogP contribution in [0, 0.1) is 0 Å². The van der Waals surface area contributed by atoms with Crippen molar-refractivity contribution in [1.29, 1.82) is 0 Å². The lowest BCUT2D eigenvalue weighted by Crippen LogP contribution is -3.08. The van der Waals surface area contributed by atoms with E-state index in [1.165, 1.54) is 16.0 Å². The van der Waals surface area contributed by atoms with E-state index < -0.39 is 0 Å². The van der Waals surface area contributed by atoms with Gasteiger partial charge in [-0.1, -0.05) is 0 Å². The zero-order valence-electron chi connectivity index (χ0n) is 9.01. The zero-order chi connectivity index (χ0) is 10.1. The van der Waals surface area contributed by atoms with Crippen molar-refractivity contribution in [2.24, 2.45) is 0 Å². The molecule has 0 amide bonds. The van der Waals surface area contributed by atoms with Crippen molar-refractivity contribution in [3.05, 3.63) is 23.3 Å². The van der Waals surface area contributed by atoms with Crippen molar-refractivity contribution in [3.63, 3.8) is 0 Å². The number of likely N-dealkylation sites (N-methyl/N-ethyl adjacent to an activating group) is 1. The maximum Gasteiger partial charge on any atom is 0.160 e. The molecule has 0 fully saturated rings. The summed E-state index contributed by atoms with van der Waals surface area (Å²) in [5.74, 6) is 0.837. The standard InChI is InChI=1S/C11H15NO2.HI/c1-12-4-3-8-6-11(14-2)10(13)5-9(8)7-12;/h5-6,13H,3-4,7H2,1-2H3;1H. The molecular formula is C11H16INO2. The van der Waals surface area contributed by atoms with Crippen molar-refractivity contribution in [2.45, 2.75) is 13.0 Å². The van der Waals surface area contributed by atoms with Gasteiger partial charge in [0.05, 0.1) is 20.7 Å². The van der Waals surface area contributed by atoms with Gasteiger partial charge in [-0.15, -0.1) is 0 Å². The van der Waals surface area contributed by atoms with Crippen LogP contribution in [0.3, 0.4) is 0 Å². The predicted octanol–water partition coefficient (Wildman–Crippen LogP) is -3.02. The third-order valence-corrected chi connectivity index (χ3v) is 2.81. The summed E-state index contributed by atoms with van der Waals surface area (Å²) in [4.78, 5) is 1.49. The van der Waals surface area contributed by atoms with Crippen LogP contribution in [0.4, 0.5) is 0 Å². The summed E-state index contributed by atoms with van der Waals surface area (Å²) in [7, 11) is 3.76. The van der Waals surface area contributed by atoms with Gasteiger partial charge in [0.2, 0.25) is 0 Å². The highest BCUT2D eigenvalue weighted by Gasteiger charge is 2.18. The van der Waals surface area contributed by atoms with E-state index in [1.807, 2.05) is 12.1 Å². The van der Waals surface area contributed by atoms with Crippen molar-refractivity contribution < 1.29 is 38.7 Å². The molecule has 1 aliphatic rings. The average Bonchev–Trinajstić information content (AvgIpc) is 2.16. The zero-order valence-corrected chi connectivity index (χ0v) is 11.2. The summed E-state index contributed by atoms with van der Waals surface area (Å²) >= 11 is 0. The normalized spacial score (nSPS) is 18.9. The first-order chi connectivity index (χ1) is 6.70. The summed E-state index contributed by atoms with van der Waals surface area (Å²) in [6.07, 6.45) is 1.07. The molecule has 3 nitrogen and oxygen atoms in total. The average molecular weight is 321 g/mol. The molecule has 84 valence electrons. The molecular weight excluding hydrogens is 305 g/mol. The molecule has 4 heteroatoms. The Morgan fingerprint density at radius 2 is 2.07 bits per heavy atom. The molecule has 0 aromatic heterocycles. The second-order valence-corrected chi connectivity index (χ2v) is 3.93. The molecule has 15 heavy (non-hydrogen) atoms. The van der Waals surface area contributed by atoms with Crippen LogP contribution in [-0.2, 0) is 13.0 Å². The van der Waals surface area contributed by atoms with Gasteiger partial charge in [-0.2, -0.15) is 0 Å². The number of rotatable bonds is 1. The van der Waals surface area contributed by atoms with Crippen LogP contribution in [0.1, 0.15) is 11.1 Å². The maximum atomic E-state index is 9.62. The molecule has 1 aromatic rings. The number of phenolic OH excluding ortho intramolecular Hbond substituents is 1. The summed E-state index contributed by atoms with van der Waals surface area (Å²) < 4.78 is 5.08. The lowest BCUT2D eigenvalue weighted by molar-refractivity contribution is -0.895. The molecule has 0 saturated carbocycles. The van der Waals surface area contributed by atoms with Crippen LogP contribution in [0.25, 0.3) is 0 Å². The first kappa shape index (κ1) is 12.6. The van der Waals surface area contributed by atoms with Crippen molar-refractivity contribution in [2.75, 3.05) is 20.7 Å². The van der Waals surface area contributed by atoms with E-state index in [-0.39, 0.29) is 29.7 Å².